The van der Waals surface area contributed by atoms with Gasteiger partial charge in [-0.1, -0.05) is 196 Å². The molecule has 0 radical (unpaired) electrons. The highest BCUT2D eigenvalue weighted by Gasteiger charge is 2.36. The zero-order valence-electron chi connectivity index (χ0n) is 31.0. The summed E-state index contributed by atoms with van der Waals surface area (Å²) in [7, 11) is 0. The molecule has 0 unspecified atom stereocenters. The van der Waals surface area contributed by atoms with E-state index in [1.54, 1.807) is 0 Å². The number of benzene rings is 10. The quantitative estimate of drug-likeness (QED) is 0.127. The van der Waals surface area contributed by atoms with Crippen LogP contribution >= 0.6 is 0 Å². The molecule has 0 aromatic heterocycles. The molecule has 0 heteroatoms. The highest BCUT2D eigenvalue weighted by Crippen LogP contribution is 2.52. The second-order valence-corrected chi connectivity index (χ2v) is 15.6. The molecule has 1 aliphatic rings. The van der Waals surface area contributed by atoms with Gasteiger partial charge in [-0.15, -0.1) is 0 Å². The summed E-state index contributed by atoms with van der Waals surface area (Å²) in [5, 5.41) is 10.3. The highest BCUT2D eigenvalue weighted by molar-refractivity contribution is 6.28. The van der Waals surface area contributed by atoms with E-state index in [1.165, 1.54) is 110 Å². The van der Waals surface area contributed by atoms with Gasteiger partial charge in [-0.2, -0.15) is 0 Å². The molecule has 10 aromatic rings. The minimum Gasteiger partial charge on any atom is -0.0622 e. The van der Waals surface area contributed by atoms with E-state index in [0.717, 1.165) is 0 Å². The highest BCUT2D eigenvalue weighted by atomic mass is 14.4. The van der Waals surface area contributed by atoms with Gasteiger partial charge in [0.05, 0.1) is 0 Å². The maximum absolute atomic E-state index is 2.41. The SMILES string of the molecule is CC1(C)c2ccccc2-c2ccc3cc(-c4ccccc4-c4cccc(-c5c6ccccc6c(-c6ccccc6)c6c5ccc5ccccc56)c4)ccc3c21. The fraction of sp³-hybridized carbons (Fsp3) is 0.0545. The fourth-order valence-electron chi connectivity index (χ4n) is 9.79. The van der Waals surface area contributed by atoms with Crippen molar-refractivity contribution in [3.63, 3.8) is 0 Å². The molecule has 0 saturated carbocycles. The molecular formula is C55H38. The molecule has 10 aromatic carbocycles. The number of rotatable bonds is 4. The van der Waals surface area contributed by atoms with Gasteiger partial charge in [0.25, 0.3) is 0 Å². The minimum absolute atomic E-state index is 0.0504. The van der Waals surface area contributed by atoms with Crippen LogP contribution < -0.4 is 0 Å². The molecular weight excluding hydrogens is 661 g/mol. The van der Waals surface area contributed by atoms with Crippen LogP contribution in [-0.2, 0) is 5.41 Å². The third-order valence-electron chi connectivity index (χ3n) is 12.2. The summed E-state index contributed by atoms with van der Waals surface area (Å²) in [5.41, 5.74) is 15.5. The van der Waals surface area contributed by atoms with Crippen molar-refractivity contribution >= 4 is 43.1 Å². The molecule has 0 nitrogen and oxygen atoms in total. The van der Waals surface area contributed by atoms with Crippen LogP contribution in [0, 0.1) is 0 Å². The van der Waals surface area contributed by atoms with Gasteiger partial charge in [0.1, 0.15) is 0 Å². The molecule has 258 valence electrons. The molecule has 0 amide bonds. The summed E-state index contributed by atoms with van der Waals surface area (Å²) in [6.45, 7) is 4.74. The first-order valence-corrected chi connectivity index (χ1v) is 19.4. The molecule has 1 aliphatic carbocycles. The maximum atomic E-state index is 2.41. The Labute approximate surface area is 322 Å². The Hall–Kier alpha value is -6.76. The molecule has 0 spiro atoms. The van der Waals surface area contributed by atoms with Crippen molar-refractivity contribution < 1.29 is 0 Å². The van der Waals surface area contributed by atoms with E-state index in [4.69, 9.17) is 0 Å². The van der Waals surface area contributed by atoms with Crippen molar-refractivity contribution in [2.45, 2.75) is 19.3 Å². The third-order valence-corrected chi connectivity index (χ3v) is 12.2. The Bertz CT molecular complexity index is 3160. The van der Waals surface area contributed by atoms with Crippen LogP contribution in [0.1, 0.15) is 25.0 Å². The minimum atomic E-state index is -0.0504. The molecule has 0 heterocycles. The summed E-state index contributed by atoms with van der Waals surface area (Å²) in [4.78, 5) is 0. The van der Waals surface area contributed by atoms with E-state index < -0.39 is 0 Å². The predicted octanol–water partition coefficient (Wildman–Crippen LogP) is 15.3. The average molecular weight is 699 g/mol. The topological polar surface area (TPSA) is 0 Å². The second-order valence-electron chi connectivity index (χ2n) is 15.6. The second kappa shape index (κ2) is 12.1. The van der Waals surface area contributed by atoms with Gasteiger partial charge in [0, 0.05) is 5.41 Å². The maximum Gasteiger partial charge on any atom is 0.0165 e. The lowest BCUT2D eigenvalue weighted by Crippen LogP contribution is -2.15. The lowest BCUT2D eigenvalue weighted by Gasteiger charge is -2.23. The van der Waals surface area contributed by atoms with Gasteiger partial charge in [-0.3, -0.25) is 0 Å². The average Bonchev–Trinajstić information content (AvgIpc) is 3.48. The van der Waals surface area contributed by atoms with E-state index in [0.29, 0.717) is 0 Å². The fourth-order valence-corrected chi connectivity index (χ4v) is 9.79. The van der Waals surface area contributed by atoms with Crippen molar-refractivity contribution in [3.8, 4) is 55.6 Å². The van der Waals surface area contributed by atoms with Gasteiger partial charge in [-0.25, -0.2) is 0 Å². The lowest BCUT2D eigenvalue weighted by atomic mass is 9.80. The van der Waals surface area contributed by atoms with E-state index in [1.807, 2.05) is 0 Å². The molecule has 11 rings (SSSR count). The third kappa shape index (κ3) is 4.78. The standard InChI is InChI=1S/C55H38/c1-55(2)50-26-13-12-23-45(50)48-31-29-39-33-38(28-30-44(39)54(48)55)42-21-9-8-20-41(42)37-18-14-19-40(34-37)51-46-24-10-11-25-47(46)52(36-16-4-3-5-17-36)53-43-22-7-6-15-35(43)27-32-49(51)53/h3-34H,1-2H3. The molecule has 55 heavy (non-hydrogen) atoms. The predicted molar refractivity (Wildman–Crippen MR) is 236 cm³/mol. The zero-order valence-corrected chi connectivity index (χ0v) is 31.0. The van der Waals surface area contributed by atoms with Crippen molar-refractivity contribution in [2.24, 2.45) is 0 Å². The smallest absolute Gasteiger partial charge is 0.0165 e. The van der Waals surface area contributed by atoms with E-state index >= 15 is 0 Å². The molecule has 0 saturated heterocycles. The normalized spacial score (nSPS) is 13.1. The van der Waals surface area contributed by atoms with E-state index in [-0.39, 0.29) is 5.41 Å². The van der Waals surface area contributed by atoms with Gasteiger partial charge >= 0.3 is 0 Å². The van der Waals surface area contributed by atoms with E-state index in [2.05, 4.69) is 208 Å². The Morgan fingerprint density at radius 1 is 0.309 bits per heavy atom. The first kappa shape index (κ1) is 31.7. The summed E-state index contributed by atoms with van der Waals surface area (Å²) < 4.78 is 0. The first-order chi connectivity index (χ1) is 27.1. The van der Waals surface area contributed by atoms with Crippen molar-refractivity contribution in [2.75, 3.05) is 0 Å². The number of hydrogen-bond acceptors (Lipinski definition) is 0. The van der Waals surface area contributed by atoms with Crippen molar-refractivity contribution in [1.82, 2.24) is 0 Å². The van der Waals surface area contributed by atoms with Gasteiger partial charge in [-0.05, 0) is 122 Å². The van der Waals surface area contributed by atoms with Crippen LogP contribution in [0.4, 0.5) is 0 Å². The van der Waals surface area contributed by atoms with Gasteiger partial charge in [0.15, 0.2) is 0 Å². The first-order valence-electron chi connectivity index (χ1n) is 19.4. The van der Waals surface area contributed by atoms with Crippen molar-refractivity contribution in [1.29, 1.82) is 0 Å². The summed E-state index contributed by atoms with van der Waals surface area (Å²) in [6.07, 6.45) is 0. The lowest BCUT2D eigenvalue weighted by molar-refractivity contribution is 0.666. The Morgan fingerprint density at radius 3 is 1.69 bits per heavy atom. The molecule has 0 aliphatic heterocycles. The Balaban J connectivity index is 1.10. The van der Waals surface area contributed by atoms with Gasteiger partial charge < -0.3 is 0 Å². The number of hydrogen-bond donors (Lipinski definition) is 0. The summed E-state index contributed by atoms with van der Waals surface area (Å²) >= 11 is 0. The largest absolute Gasteiger partial charge is 0.0622 e. The van der Waals surface area contributed by atoms with Crippen LogP contribution in [0.2, 0.25) is 0 Å². The van der Waals surface area contributed by atoms with Crippen LogP contribution in [0.25, 0.3) is 98.7 Å². The van der Waals surface area contributed by atoms with Crippen LogP contribution in [-0.4, -0.2) is 0 Å². The van der Waals surface area contributed by atoms with Gasteiger partial charge in [0.2, 0.25) is 0 Å². The molecule has 0 atom stereocenters. The molecule has 0 bridgehead atoms. The van der Waals surface area contributed by atoms with Crippen LogP contribution in [0.5, 0.6) is 0 Å². The van der Waals surface area contributed by atoms with Crippen LogP contribution in [0.3, 0.4) is 0 Å². The van der Waals surface area contributed by atoms with Crippen molar-refractivity contribution in [3.05, 3.63) is 205 Å². The number of fused-ring (bicyclic) bond motifs is 9. The summed E-state index contributed by atoms with van der Waals surface area (Å²) in [5.74, 6) is 0. The molecule has 0 fully saturated rings. The zero-order chi connectivity index (χ0) is 36.7. The Kier molecular flexibility index (Phi) is 7.00. The van der Waals surface area contributed by atoms with Crippen LogP contribution in [0.15, 0.2) is 194 Å². The molecule has 0 N–H and O–H groups in total. The summed E-state index contributed by atoms with van der Waals surface area (Å²) in [6, 6.07) is 72.1. The van der Waals surface area contributed by atoms with E-state index in [9.17, 15) is 0 Å². The Morgan fingerprint density at radius 2 is 0.891 bits per heavy atom. The monoisotopic (exact) mass is 698 g/mol.